The first kappa shape index (κ1) is 17.1. The molecule has 1 heterocycles. The van der Waals surface area contributed by atoms with Gasteiger partial charge >= 0.3 is 0 Å². The van der Waals surface area contributed by atoms with E-state index in [0.29, 0.717) is 22.9 Å². The highest BCUT2D eigenvalue weighted by Gasteiger charge is 2.34. The Morgan fingerprint density at radius 2 is 2.00 bits per heavy atom. The zero-order valence-corrected chi connectivity index (χ0v) is 14.6. The number of hydrogen-bond donors (Lipinski definition) is 1. The fourth-order valence-corrected chi connectivity index (χ4v) is 3.49. The van der Waals surface area contributed by atoms with E-state index < -0.39 is 22.0 Å². The van der Waals surface area contributed by atoms with Crippen LogP contribution in [0.4, 0.5) is 11.4 Å². The minimum absolute atomic E-state index is 0.0916. The number of amides is 1. The predicted molar refractivity (Wildman–Crippen MR) is 94.7 cm³/mol. The third-order valence-electron chi connectivity index (χ3n) is 3.76. The van der Waals surface area contributed by atoms with E-state index in [2.05, 4.69) is 5.32 Å². The first-order chi connectivity index (χ1) is 11.9. The van der Waals surface area contributed by atoms with Crippen LogP contribution in [-0.2, 0) is 14.8 Å². The number of rotatable bonds is 4. The number of carbonyl (C=O) groups is 1. The summed E-state index contributed by atoms with van der Waals surface area (Å²) in [7, 11) is -2.00. The van der Waals surface area contributed by atoms with Gasteiger partial charge in [0.2, 0.25) is 10.0 Å². The van der Waals surface area contributed by atoms with Gasteiger partial charge in [-0.05, 0) is 24.3 Å². The van der Waals surface area contributed by atoms with Crippen LogP contribution in [0.2, 0.25) is 0 Å². The maximum atomic E-state index is 12.6. The Balaban J connectivity index is 1.84. The smallest absolute Gasteiger partial charge is 0.267 e. The molecule has 0 unspecified atom stereocenters. The molecular weight excluding hydrogens is 344 g/mol. The van der Waals surface area contributed by atoms with Crippen molar-refractivity contribution in [3.05, 3.63) is 48.5 Å². The van der Waals surface area contributed by atoms with Crippen LogP contribution in [0, 0.1) is 0 Å². The average Bonchev–Trinajstić information content (AvgIpc) is 2.60. The molecular formula is C17H18N2O5S. The second-order valence-electron chi connectivity index (χ2n) is 5.59. The summed E-state index contributed by atoms with van der Waals surface area (Å²) >= 11 is 0. The Labute approximate surface area is 146 Å². The lowest BCUT2D eigenvalue weighted by Gasteiger charge is -2.33. The lowest BCUT2D eigenvalue weighted by atomic mass is 10.2. The van der Waals surface area contributed by atoms with Crippen molar-refractivity contribution >= 4 is 27.3 Å². The van der Waals surface area contributed by atoms with Gasteiger partial charge in [0, 0.05) is 11.8 Å². The number of nitrogens with zero attached hydrogens (tertiary/aromatic N) is 1. The number of ether oxygens (including phenoxy) is 2. The van der Waals surface area contributed by atoms with E-state index in [9.17, 15) is 13.2 Å². The van der Waals surface area contributed by atoms with E-state index in [4.69, 9.17) is 9.47 Å². The molecule has 0 fully saturated rings. The SMILES string of the molecule is COc1cccc(NC(=O)[C@H]2CN(S(C)(=O)=O)c3ccccc3O2)c1. The molecule has 132 valence electrons. The summed E-state index contributed by atoms with van der Waals surface area (Å²) in [5.41, 5.74) is 0.966. The largest absolute Gasteiger partial charge is 0.497 e. The molecule has 0 saturated carbocycles. The molecule has 0 saturated heterocycles. The molecule has 0 spiro atoms. The lowest BCUT2D eigenvalue weighted by molar-refractivity contribution is -0.122. The molecule has 1 N–H and O–H groups in total. The van der Waals surface area contributed by atoms with E-state index in [1.54, 1.807) is 48.5 Å². The van der Waals surface area contributed by atoms with Gasteiger partial charge < -0.3 is 14.8 Å². The quantitative estimate of drug-likeness (QED) is 0.897. The molecule has 8 heteroatoms. The summed E-state index contributed by atoms with van der Waals surface area (Å²) in [6.45, 7) is -0.0916. The first-order valence-corrected chi connectivity index (χ1v) is 9.41. The van der Waals surface area contributed by atoms with Crippen molar-refractivity contribution in [1.82, 2.24) is 0 Å². The molecule has 0 aliphatic carbocycles. The first-order valence-electron chi connectivity index (χ1n) is 7.57. The lowest BCUT2D eigenvalue weighted by Crippen LogP contribution is -2.48. The highest BCUT2D eigenvalue weighted by molar-refractivity contribution is 7.92. The maximum absolute atomic E-state index is 12.6. The fourth-order valence-electron chi connectivity index (χ4n) is 2.58. The van der Waals surface area contributed by atoms with Gasteiger partial charge in [-0.2, -0.15) is 0 Å². The second kappa shape index (κ2) is 6.64. The molecule has 0 radical (unpaired) electrons. The topological polar surface area (TPSA) is 84.9 Å². The van der Waals surface area contributed by atoms with Gasteiger partial charge in [-0.25, -0.2) is 8.42 Å². The van der Waals surface area contributed by atoms with Crippen LogP contribution >= 0.6 is 0 Å². The van der Waals surface area contributed by atoms with Crippen LogP contribution in [0.5, 0.6) is 11.5 Å². The standard InChI is InChI=1S/C17H18N2O5S/c1-23-13-7-5-6-12(10-13)18-17(20)16-11-19(25(2,21)22)14-8-3-4-9-15(14)24-16/h3-10,16H,11H2,1-2H3,(H,18,20)/t16-/m1/s1. The molecule has 7 nitrogen and oxygen atoms in total. The molecule has 0 bridgehead atoms. The minimum atomic E-state index is -3.54. The van der Waals surface area contributed by atoms with Gasteiger partial charge in [0.15, 0.2) is 6.10 Å². The molecule has 25 heavy (non-hydrogen) atoms. The molecule has 3 rings (SSSR count). The highest BCUT2D eigenvalue weighted by Crippen LogP contribution is 2.34. The van der Waals surface area contributed by atoms with Gasteiger partial charge in [0.05, 0.1) is 25.6 Å². The normalized spacial score (nSPS) is 16.6. The number of para-hydroxylation sites is 2. The van der Waals surface area contributed by atoms with Crippen molar-refractivity contribution in [2.75, 3.05) is 29.5 Å². The number of fused-ring (bicyclic) bond motifs is 1. The summed E-state index contributed by atoms with van der Waals surface area (Å²) in [6.07, 6.45) is 0.141. The van der Waals surface area contributed by atoms with Crippen LogP contribution in [-0.4, -0.2) is 40.3 Å². The minimum Gasteiger partial charge on any atom is -0.497 e. The van der Waals surface area contributed by atoms with Crippen molar-refractivity contribution in [3.63, 3.8) is 0 Å². The Morgan fingerprint density at radius 3 is 2.72 bits per heavy atom. The highest BCUT2D eigenvalue weighted by atomic mass is 32.2. The van der Waals surface area contributed by atoms with E-state index in [0.717, 1.165) is 6.26 Å². The molecule has 1 aliphatic rings. The Hall–Kier alpha value is -2.74. The maximum Gasteiger partial charge on any atom is 0.267 e. The number of sulfonamides is 1. The predicted octanol–water partition coefficient (Wildman–Crippen LogP) is 1.86. The number of benzene rings is 2. The van der Waals surface area contributed by atoms with Crippen molar-refractivity contribution in [2.24, 2.45) is 0 Å². The number of hydrogen-bond acceptors (Lipinski definition) is 5. The molecule has 1 atom stereocenters. The van der Waals surface area contributed by atoms with Crippen LogP contribution in [0.15, 0.2) is 48.5 Å². The summed E-state index contributed by atoms with van der Waals surface area (Å²) in [5.74, 6) is 0.520. The monoisotopic (exact) mass is 362 g/mol. The Bertz CT molecular complexity index is 897. The van der Waals surface area contributed by atoms with Gasteiger partial charge in [0.25, 0.3) is 5.91 Å². The number of anilines is 2. The Morgan fingerprint density at radius 1 is 1.24 bits per heavy atom. The summed E-state index contributed by atoms with van der Waals surface area (Å²) < 4.78 is 36.2. The van der Waals surface area contributed by atoms with E-state index in [1.807, 2.05) is 0 Å². The van der Waals surface area contributed by atoms with Gasteiger partial charge in [0.1, 0.15) is 11.5 Å². The van der Waals surface area contributed by atoms with Crippen LogP contribution in [0.25, 0.3) is 0 Å². The van der Waals surface area contributed by atoms with Gasteiger partial charge in [-0.1, -0.05) is 18.2 Å². The third-order valence-corrected chi connectivity index (χ3v) is 4.91. The van der Waals surface area contributed by atoms with Crippen LogP contribution in [0.3, 0.4) is 0 Å². The van der Waals surface area contributed by atoms with Crippen molar-refractivity contribution in [3.8, 4) is 11.5 Å². The van der Waals surface area contributed by atoms with E-state index >= 15 is 0 Å². The number of carbonyl (C=O) groups excluding carboxylic acids is 1. The van der Waals surface area contributed by atoms with E-state index in [-0.39, 0.29) is 6.54 Å². The summed E-state index contributed by atoms with van der Waals surface area (Å²) in [4.78, 5) is 12.6. The number of nitrogens with one attached hydrogen (secondary N) is 1. The van der Waals surface area contributed by atoms with Crippen molar-refractivity contribution in [2.45, 2.75) is 6.10 Å². The average molecular weight is 362 g/mol. The third kappa shape index (κ3) is 3.69. The molecule has 1 amide bonds. The van der Waals surface area contributed by atoms with Gasteiger partial charge in [-0.15, -0.1) is 0 Å². The van der Waals surface area contributed by atoms with E-state index in [1.165, 1.54) is 11.4 Å². The zero-order chi connectivity index (χ0) is 18.0. The van der Waals surface area contributed by atoms with Crippen LogP contribution in [0.1, 0.15) is 0 Å². The van der Waals surface area contributed by atoms with Crippen LogP contribution < -0.4 is 19.1 Å². The summed E-state index contributed by atoms with van der Waals surface area (Å²) in [6, 6.07) is 13.6. The summed E-state index contributed by atoms with van der Waals surface area (Å²) in [5, 5.41) is 2.72. The molecule has 0 aromatic heterocycles. The van der Waals surface area contributed by atoms with Crippen molar-refractivity contribution < 1.29 is 22.7 Å². The number of methoxy groups -OCH3 is 1. The second-order valence-corrected chi connectivity index (χ2v) is 7.50. The molecule has 2 aromatic carbocycles. The van der Waals surface area contributed by atoms with Crippen molar-refractivity contribution in [1.29, 1.82) is 0 Å². The molecule has 1 aliphatic heterocycles. The fraction of sp³-hybridized carbons (Fsp3) is 0.235. The zero-order valence-electron chi connectivity index (χ0n) is 13.8. The molecule has 2 aromatic rings. The van der Waals surface area contributed by atoms with Gasteiger partial charge in [-0.3, -0.25) is 9.10 Å². The Kier molecular flexibility index (Phi) is 4.54.